The average molecular weight is 295 g/mol. The van der Waals surface area contributed by atoms with Gasteiger partial charge in [0.2, 0.25) is 0 Å². The van der Waals surface area contributed by atoms with E-state index < -0.39 is 11.7 Å². The van der Waals surface area contributed by atoms with E-state index in [1.165, 1.54) is 12.1 Å². The van der Waals surface area contributed by atoms with Crippen molar-refractivity contribution in [2.24, 2.45) is 0 Å². The minimum atomic E-state index is -4.44. The van der Waals surface area contributed by atoms with Crippen LogP contribution in [0.1, 0.15) is 31.0 Å². The monoisotopic (exact) mass is 295 g/mol. The number of nitrogens with one attached hydrogen (secondary N) is 1. The molecule has 2 rings (SSSR count). The molecule has 0 atom stereocenters. The summed E-state index contributed by atoms with van der Waals surface area (Å²) in [5.74, 6) is 0.677. The van der Waals surface area contributed by atoms with Gasteiger partial charge in [0.25, 0.3) is 0 Å². The van der Waals surface area contributed by atoms with Crippen molar-refractivity contribution in [3.05, 3.63) is 41.6 Å². The number of alkyl halides is 3. The minimum Gasteiger partial charge on any atom is -0.373 e. The van der Waals surface area contributed by atoms with E-state index in [0.29, 0.717) is 11.5 Å². The van der Waals surface area contributed by atoms with Crippen LogP contribution in [0.5, 0.6) is 0 Å². The maximum absolute atomic E-state index is 13.1. The van der Waals surface area contributed by atoms with Crippen molar-refractivity contribution in [2.45, 2.75) is 25.9 Å². The number of rotatable bonds is 3. The van der Waals surface area contributed by atoms with E-state index in [1.807, 2.05) is 13.8 Å². The average Bonchev–Trinajstić information content (AvgIpc) is 2.45. The van der Waals surface area contributed by atoms with Gasteiger partial charge in [-0.15, -0.1) is 0 Å². The van der Waals surface area contributed by atoms with Gasteiger partial charge in [-0.2, -0.15) is 13.2 Å². The second kappa shape index (κ2) is 5.71. The third kappa shape index (κ3) is 3.32. The van der Waals surface area contributed by atoms with Gasteiger partial charge in [0, 0.05) is 24.4 Å². The SMILES string of the molecule is CNc1cc(C(C)C)nc(-c2ccccc2C(F)(F)F)n1. The van der Waals surface area contributed by atoms with Crippen LogP contribution in [-0.2, 0) is 6.18 Å². The molecule has 2 aromatic rings. The van der Waals surface area contributed by atoms with Crippen LogP contribution >= 0.6 is 0 Å². The molecular weight excluding hydrogens is 279 g/mol. The molecule has 1 aromatic carbocycles. The lowest BCUT2D eigenvalue weighted by Gasteiger charge is -2.14. The summed E-state index contributed by atoms with van der Waals surface area (Å²) in [4.78, 5) is 8.43. The first kappa shape index (κ1) is 15.3. The number of hydrogen-bond donors (Lipinski definition) is 1. The third-order valence-electron chi connectivity index (χ3n) is 3.07. The molecule has 0 saturated heterocycles. The summed E-state index contributed by atoms with van der Waals surface area (Å²) in [5, 5.41) is 2.86. The molecular formula is C15H16F3N3. The van der Waals surface area contributed by atoms with E-state index in [1.54, 1.807) is 19.2 Å². The molecule has 6 heteroatoms. The Balaban J connectivity index is 2.64. The predicted molar refractivity (Wildman–Crippen MR) is 76.1 cm³/mol. The second-order valence-corrected chi connectivity index (χ2v) is 4.95. The van der Waals surface area contributed by atoms with Gasteiger partial charge in [-0.05, 0) is 12.0 Å². The number of anilines is 1. The summed E-state index contributed by atoms with van der Waals surface area (Å²) < 4.78 is 39.3. The Kier molecular flexibility index (Phi) is 4.16. The zero-order chi connectivity index (χ0) is 15.6. The number of benzene rings is 1. The Bertz CT molecular complexity index is 636. The van der Waals surface area contributed by atoms with Gasteiger partial charge in [0.1, 0.15) is 5.82 Å². The smallest absolute Gasteiger partial charge is 0.373 e. The van der Waals surface area contributed by atoms with Crippen LogP contribution in [0, 0.1) is 0 Å². The highest BCUT2D eigenvalue weighted by Gasteiger charge is 2.34. The summed E-state index contributed by atoms with van der Waals surface area (Å²) in [5.41, 5.74) is -0.0433. The van der Waals surface area contributed by atoms with Crippen molar-refractivity contribution in [1.82, 2.24) is 9.97 Å². The minimum absolute atomic E-state index is 0.0102. The summed E-state index contributed by atoms with van der Waals surface area (Å²) in [6, 6.07) is 7.08. The molecule has 1 aromatic heterocycles. The Morgan fingerprint density at radius 2 is 1.76 bits per heavy atom. The molecule has 21 heavy (non-hydrogen) atoms. The molecule has 0 bridgehead atoms. The highest BCUT2D eigenvalue weighted by atomic mass is 19.4. The molecule has 0 spiro atoms. The van der Waals surface area contributed by atoms with Gasteiger partial charge in [0.05, 0.1) is 5.56 Å². The zero-order valence-electron chi connectivity index (χ0n) is 12.0. The lowest BCUT2D eigenvalue weighted by molar-refractivity contribution is -0.137. The molecule has 0 unspecified atom stereocenters. The number of nitrogens with zero attached hydrogens (tertiary/aromatic N) is 2. The van der Waals surface area contributed by atoms with Crippen LogP contribution in [0.2, 0.25) is 0 Å². The summed E-state index contributed by atoms with van der Waals surface area (Å²) >= 11 is 0. The molecule has 0 aliphatic carbocycles. The Morgan fingerprint density at radius 3 is 2.33 bits per heavy atom. The predicted octanol–water partition coefficient (Wildman–Crippen LogP) is 4.33. The molecule has 3 nitrogen and oxygen atoms in total. The first-order valence-corrected chi connectivity index (χ1v) is 6.56. The quantitative estimate of drug-likeness (QED) is 0.916. The fourth-order valence-electron chi connectivity index (χ4n) is 1.94. The van der Waals surface area contributed by atoms with E-state index in [9.17, 15) is 13.2 Å². The zero-order valence-corrected chi connectivity index (χ0v) is 12.0. The van der Waals surface area contributed by atoms with Crippen molar-refractivity contribution in [2.75, 3.05) is 12.4 Å². The molecule has 1 heterocycles. The normalized spacial score (nSPS) is 11.8. The van der Waals surface area contributed by atoms with Crippen molar-refractivity contribution < 1.29 is 13.2 Å². The van der Waals surface area contributed by atoms with E-state index in [-0.39, 0.29) is 17.3 Å². The topological polar surface area (TPSA) is 37.8 Å². The summed E-state index contributed by atoms with van der Waals surface area (Å²) in [6.45, 7) is 3.86. The molecule has 0 saturated carbocycles. The lowest BCUT2D eigenvalue weighted by atomic mass is 10.1. The van der Waals surface area contributed by atoms with Crippen LogP contribution < -0.4 is 5.32 Å². The van der Waals surface area contributed by atoms with E-state index >= 15 is 0 Å². The van der Waals surface area contributed by atoms with Gasteiger partial charge < -0.3 is 5.32 Å². The van der Waals surface area contributed by atoms with Crippen LogP contribution in [0.25, 0.3) is 11.4 Å². The van der Waals surface area contributed by atoms with Crippen molar-refractivity contribution in [3.8, 4) is 11.4 Å². The Hall–Kier alpha value is -2.11. The van der Waals surface area contributed by atoms with Crippen molar-refractivity contribution >= 4 is 5.82 Å². The van der Waals surface area contributed by atoms with E-state index in [2.05, 4.69) is 15.3 Å². The molecule has 0 aliphatic rings. The molecule has 0 aliphatic heterocycles. The van der Waals surface area contributed by atoms with Crippen LogP contribution in [0.15, 0.2) is 30.3 Å². The van der Waals surface area contributed by atoms with Crippen LogP contribution in [0.3, 0.4) is 0 Å². The number of hydrogen-bond acceptors (Lipinski definition) is 3. The summed E-state index contributed by atoms with van der Waals surface area (Å²) in [7, 11) is 1.67. The van der Waals surface area contributed by atoms with Gasteiger partial charge in [-0.1, -0.05) is 32.0 Å². The fourth-order valence-corrected chi connectivity index (χ4v) is 1.94. The Morgan fingerprint density at radius 1 is 1.10 bits per heavy atom. The third-order valence-corrected chi connectivity index (χ3v) is 3.07. The molecule has 1 N–H and O–H groups in total. The molecule has 0 fully saturated rings. The molecule has 0 amide bonds. The number of halogens is 3. The van der Waals surface area contributed by atoms with Gasteiger partial charge >= 0.3 is 6.18 Å². The molecule has 112 valence electrons. The van der Waals surface area contributed by atoms with Crippen molar-refractivity contribution in [3.63, 3.8) is 0 Å². The summed E-state index contributed by atoms with van der Waals surface area (Å²) in [6.07, 6.45) is -4.44. The Labute approximate surface area is 121 Å². The fraction of sp³-hybridized carbons (Fsp3) is 0.333. The standard InChI is InChI=1S/C15H16F3N3/c1-9(2)12-8-13(19-3)21-14(20-12)10-6-4-5-7-11(10)15(16,17)18/h4-9H,1-3H3,(H,19,20,21). The van der Waals surface area contributed by atoms with E-state index in [4.69, 9.17) is 0 Å². The first-order valence-electron chi connectivity index (χ1n) is 6.56. The van der Waals surface area contributed by atoms with Crippen LogP contribution in [0.4, 0.5) is 19.0 Å². The number of aromatic nitrogens is 2. The first-order chi connectivity index (χ1) is 9.82. The van der Waals surface area contributed by atoms with Crippen LogP contribution in [-0.4, -0.2) is 17.0 Å². The highest BCUT2D eigenvalue weighted by Crippen LogP contribution is 2.36. The second-order valence-electron chi connectivity index (χ2n) is 4.95. The largest absolute Gasteiger partial charge is 0.417 e. The highest BCUT2D eigenvalue weighted by molar-refractivity contribution is 5.63. The van der Waals surface area contributed by atoms with Gasteiger partial charge in [-0.3, -0.25) is 0 Å². The maximum Gasteiger partial charge on any atom is 0.417 e. The van der Waals surface area contributed by atoms with Crippen molar-refractivity contribution in [1.29, 1.82) is 0 Å². The van der Waals surface area contributed by atoms with E-state index in [0.717, 1.165) is 6.07 Å². The van der Waals surface area contributed by atoms with Gasteiger partial charge in [0.15, 0.2) is 5.82 Å². The molecule has 0 radical (unpaired) electrons. The lowest BCUT2D eigenvalue weighted by Crippen LogP contribution is -2.09. The van der Waals surface area contributed by atoms with Gasteiger partial charge in [-0.25, -0.2) is 9.97 Å². The maximum atomic E-state index is 13.1.